The third kappa shape index (κ3) is 8.04. The zero-order valence-corrected chi connectivity index (χ0v) is 27.9. The second-order valence-electron chi connectivity index (χ2n) is 12.6. The number of rotatable bonds is 12. The first-order valence-electron chi connectivity index (χ1n) is 15.7. The zero-order valence-electron chi connectivity index (χ0n) is 27.1. The highest BCUT2D eigenvalue weighted by molar-refractivity contribution is 7.89. The summed E-state index contributed by atoms with van der Waals surface area (Å²) in [5.41, 5.74) is 1.72. The van der Waals surface area contributed by atoms with Crippen molar-refractivity contribution in [2.45, 2.75) is 77.0 Å². The van der Waals surface area contributed by atoms with E-state index in [0.29, 0.717) is 46.5 Å². The minimum Gasteiger partial charge on any atom is -0.350 e. The standard InChI is InChI=1S/C36H40FN5O4S/c1-5-6-16-32-39-30-19-20-41(24-33(43)38-22-25-12-8-7-9-13-25)35(44)34(30)42(32)23-27-18-17-26(21-29(27)37)28-14-10-11-15-31(28)47(45,46)40-36(2,3)4/h7-15,17-21,40H,5-6,16,22-24H2,1-4H3,(H,38,43). The van der Waals surface area contributed by atoms with Crippen LogP contribution in [0.25, 0.3) is 22.2 Å². The lowest BCUT2D eigenvalue weighted by molar-refractivity contribution is -0.121. The number of sulfonamides is 1. The summed E-state index contributed by atoms with van der Waals surface area (Å²) < 4.78 is 48.0. The lowest BCUT2D eigenvalue weighted by Gasteiger charge is -2.21. The van der Waals surface area contributed by atoms with Crippen molar-refractivity contribution in [1.29, 1.82) is 0 Å². The van der Waals surface area contributed by atoms with Crippen molar-refractivity contribution in [2.75, 3.05) is 0 Å². The molecule has 3 aromatic carbocycles. The Morgan fingerprint density at radius 1 is 0.979 bits per heavy atom. The predicted octanol–water partition coefficient (Wildman–Crippen LogP) is 5.79. The number of imidazole rings is 1. The molecule has 2 aromatic heterocycles. The highest BCUT2D eigenvalue weighted by atomic mass is 32.2. The maximum absolute atomic E-state index is 15.9. The fourth-order valence-electron chi connectivity index (χ4n) is 5.46. The first kappa shape index (κ1) is 33.7. The Balaban J connectivity index is 1.47. The second-order valence-corrected chi connectivity index (χ2v) is 14.3. The van der Waals surface area contributed by atoms with E-state index in [4.69, 9.17) is 4.98 Å². The zero-order chi connectivity index (χ0) is 33.8. The van der Waals surface area contributed by atoms with Crippen LogP contribution in [0.15, 0.2) is 94.7 Å². The fraction of sp³-hybridized carbons (Fsp3) is 0.306. The van der Waals surface area contributed by atoms with Crippen LogP contribution in [0.3, 0.4) is 0 Å². The van der Waals surface area contributed by atoms with Crippen LogP contribution in [0, 0.1) is 5.82 Å². The van der Waals surface area contributed by atoms with E-state index in [-0.39, 0.29) is 23.9 Å². The molecule has 5 rings (SSSR count). The summed E-state index contributed by atoms with van der Waals surface area (Å²) in [7, 11) is -3.89. The van der Waals surface area contributed by atoms with E-state index in [2.05, 4.69) is 17.0 Å². The van der Waals surface area contributed by atoms with Crippen molar-refractivity contribution < 1.29 is 17.6 Å². The summed E-state index contributed by atoms with van der Waals surface area (Å²) in [6, 6.07) is 22.3. The molecule has 5 aromatic rings. The topological polar surface area (TPSA) is 115 Å². The molecule has 2 N–H and O–H groups in total. The molecular weight excluding hydrogens is 617 g/mol. The number of nitrogens with one attached hydrogen (secondary N) is 2. The molecule has 0 aliphatic heterocycles. The van der Waals surface area contributed by atoms with Gasteiger partial charge in [-0.3, -0.25) is 9.59 Å². The number of unbranched alkanes of at least 4 members (excludes halogenated alkanes) is 1. The number of carbonyl (C=O) groups is 1. The van der Waals surface area contributed by atoms with Gasteiger partial charge in [0.1, 0.15) is 23.7 Å². The van der Waals surface area contributed by atoms with Crippen LogP contribution in [0.5, 0.6) is 0 Å². The molecular formula is C36H40FN5O4S. The molecule has 1 amide bonds. The summed E-state index contributed by atoms with van der Waals surface area (Å²) in [4.78, 5) is 31.3. The average Bonchev–Trinajstić information content (AvgIpc) is 3.38. The normalized spacial score (nSPS) is 12.0. The monoisotopic (exact) mass is 657 g/mol. The number of aryl methyl sites for hydroxylation is 1. The molecule has 47 heavy (non-hydrogen) atoms. The maximum atomic E-state index is 15.9. The summed E-state index contributed by atoms with van der Waals surface area (Å²) in [6.07, 6.45) is 3.89. The third-order valence-electron chi connectivity index (χ3n) is 7.66. The van der Waals surface area contributed by atoms with Gasteiger partial charge in [0.2, 0.25) is 15.9 Å². The number of carbonyl (C=O) groups excluding carboxylic acids is 1. The molecule has 0 aliphatic carbocycles. The lowest BCUT2D eigenvalue weighted by atomic mass is 10.0. The maximum Gasteiger partial charge on any atom is 0.277 e. The van der Waals surface area contributed by atoms with Crippen molar-refractivity contribution in [2.24, 2.45) is 0 Å². The third-order valence-corrected chi connectivity index (χ3v) is 9.48. The molecule has 0 spiro atoms. The van der Waals surface area contributed by atoms with Gasteiger partial charge in [-0.15, -0.1) is 0 Å². The molecule has 11 heteroatoms. The number of aromatic nitrogens is 3. The minimum atomic E-state index is -3.89. The van der Waals surface area contributed by atoms with Gasteiger partial charge in [-0.2, -0.15) is 0 Å². The van der Waals surface area contributed by atoms with Gasteiger partial charge >= 0.3 is 0 Å². The van der Waals surface area contributed by atoms with Gasteiger partial charge in [0.15, 0.2) is 0 Å². The van der Waals surface area contributed by atoms with Gasteiger partial charge < -0.3 is 14.5 Å². The summed E-state index contributed by atoms with van der Waals surface area (Å²) in [5, 5.41) is 2.85. The first-order valence-corrected chi connectivity index (χ1v) is 17.2. The molecule has 2 heterocycles. The van der Waals surface area contributed by atoms with Crippen LogP contribution in [0.2, 0.25) is 0 Å². The Morgan fingerprint density at radius 2 is 1.70 bits per heavy atom. The summed E-state index contributed by atoms with van der Waals surface area (Å²) in [5.74, 6) is -0.203. The lowest BCUT2D eigenvalue weighted by Crippen LogP contribution is -2.40. The van der Waals surface area contributed by atoms with Crippen molar-refractivity contribution in [1.82, 2.24) is 24.2 Å². The number of benzene rings is 3. The molecule has 0 atom stereocenters. The molecule has 0 bridgehead atoms. The molecule has 0 aliphatic rings. The Morgan fingerprint density at radius 3 is 2.40 bits per heavy atom. The fourth-order valence-corrected chi connectivity index (χ4v) is 7.11. The molecule has 246 valence electrons. The van der Waals surface area contributed by atoms with E-state index in [0.717, 1.165) is 18.4 Å². The minimum absolute atomic E-state index is 0.0344. The predicted molar refractivity (Wildman–Crippen MR) is 182 cm³/mol. The van der Waals surface area contributed by atoms with Crippen LogP contribution in [-0.4, -0.2) is 34.0 Å². The molecule has 0 radical (unpaired) electrons. The molecule has 0 fully saturated rings. The van der Waals surface area contributed by atoms with Crippen LogP contribution in [-0.2, 0) is 40.9 Å². The van der Waals surface area contributed by atoms with Gasteiger partial charge in [-0.1, -0.05) is 74.0 Å². The molecule has 0 saturated heterocycles. The van der Waals surface area contributed by atoms with E-state index in [1.165, 1.54) is 16.7 Å². The number of nitrogens with zero attached hydrogens (tertiary/aromatic N) is 3. The number of fused-ring (bicyclic) bond motifs is 1. The van der Waals surface area contributed by atoms with E-state index < -0.39 is 26.9 Å². The van der Waals surface area contributed by atoms with Crippen LogP contribution < -0.4 is 15.6 Å². The number of pyridine rings is 1. The molecule has 0 saturated carbocycles. The number of hydrogen-bond donors (Lipinski definition) is 2. The van der Waals surface area contributed by atoms with Crippen molar-refractivity contribution >= 4 is 27.0 Å². The highest BCUT2D eigenvalue weighted by Crippen LogP contribution is 2.30. The van der Waals surface area contributed by atoms with Gasteiger partial charge in [0, 0.05) is 35.8 Å². The number of hydrogen-bond acceptors (Lipinski definition) is 5. The van der Waals surface area contributed by atoms with Gasteiger partial charge in [-0.25, -0.2) is 22.5 Å². The first-order chi connectivity index (χ1) is 22.4. The quantitative estimate of drug-likeness (QED) is 0.176. The van der Waals surface area contributed by atoms with E-state index in [9.17, 15) is 18.0 Å². The Labute approximate surface area is 274 Å². The highest BCUT2D eigenvalue weighted by Gasteiger charge is 2.25. The van der Waals surface area contributed by atoms with E-state index in [1.807, 2.05) is 30.3 Å². The van der Waals surface area contributed by atoms with Crippen molar-refractivity contribution in [3.8, 4) is 11.1 Å². The Hall–Kier alpha value is -4.61. The molecule has 0 unspecified atom stereocenters. The SMILES string of the molecule is CCCCc1nc2ccn(CC(=O)NCc3ccccc3)c(=O)c2n1Cc1ccc(-c2ccccc2S(=O)(=O)NC(C)(C)C)cc1F. The average molecular weight is 658 g/mol. The summed E-state index contributed by atoms with van der Waals surface area (Å²) >= 11 is 0. The molecule has 9 nitrogen and oxygen atoms in total. The van der Waals surface area contributed by atoms with Gasteiger partial charge in [0.05, 0.1) is 17.0 Å². The second kappa shape index (κ2) is 14.0. The number of amides is 1. The van der Waals surface area contributed by atoms with Crippen LogP contribution >= 0.6 is 0 Å². The van der Waals surface area contributed by atoms with Gasteiger partial charge in [0.25, 0.3) is 5.56 Å². The summed E-state index contributed by atoms with van der Waals surface area (Å²) in [6.45, 7) is 7.53. The van der Waals surface area contributed by atoms with E-state index in [1.54, 1.807) is 67.9 Å². The van der Waals surface area contributed by atoms with Gasteiger partial charge in [-0.05, 0) is 56.5 Å². The van der Waals surface area contributed by atoms with Crippen molar-refractivity contribution in [3.05, 3.63) is 118 Å². The smallest absolute Gasteiger partial charge is 0.277 e. The van der Waals surface area contributed by atoms with Crippen molar-refractivity contribution in [3.63, 3.8) is 0 Å². The van der Waals surface area contributed by atoms with E-state index >= 15 is 4.39 Å². The van der Waals surface area contributed by atoms with Crippen LogP contribution in [0.1, 0.15) is 57.5 Å². The largest absolute Gasteiger partial charge is 0.350 e. The Bertz CT molecular complexity index is 2070. The Kier molecular flexibility index (Phi) is 10.1. The number of halogens is 1. The van der Waals surface area contributed by atoms with Crippen LogP contribution in [0.4, 0.5) is 4.39 Å².